The largest absolute Gasteiger partial charge is 0.435 e. The Balaban J connectivity index is 1.27. The van der Waals surface area contributed by atoms with Crippen molar-refractivity contribution in [2.45, 2.75) is 0 Å². The van der Waals surface area contributed by atoms with Gasteiger partial charge in [-0.1, -0.05) is 109 Å². The van der Waals surface area contributed by atoms with E-state index in [1.165, 1.54) is 20.2 Å². The molecule has 6 aromatic carbocycles. The van der Waals surface area contributed by atoms with Crippen LogP contribution in [0.5, 0.6) is 0 Å². The van der Waals surface area contributed by atoms with Crippen LogP contribution in [0.1, 0.15) is 0 Å². The summed E-state index contributed by atoms with van der Waals surface area (Å²) < 4.78 is 9.20. The van der Waals surface area contributed by atoms with Crippen LogP contribution in [0.15, 0.2) is 138 Å². The molecule has 0 radical (unpaired) electrons. The molecule has 9 rings (SSSR count). The predicted octanol–water partition coefficient (Wildman–Crippen LogP) is 10.2. The molecule has 0 saturated carbocycles. The van der Waals surface area contributed by atoms with Gasteiger partial charge in [-0.15, -0.1) is 11.3 Å². The van der Waals surface area contributed by atoms with Gasteiger partial charge in [-0.3, -0.25) is 0 Å². The third-order valence-corrected chi connectivity index (χ3v) is 9.11. The van der Waals surface area contributed by atoms with Crippen molar-refractivity contribution in [3.8, 4) is 45.6 Å². The van der Waals surface area contributed by atoms with Crippen molar-refractivity contribution in [1.82, 2.24) is 19.9 Å². The highest BCUT2D eigenvalue weighted by molar-refractivity contribution is 7.26. The lowest BCUT2D eigenvalue weighted by molar-refractivity contribution is 0.623. The molecule has 0 saturated heterocycles. The first-order valence-corrected chi connectivity index (χ1v) is 15.2. The van der Waals surface area contributed by atoms with Crippen molar-refractivity contribution in [2.24, 2.45) is 0 Å². The summed E-state index contributed by atoms with van der Waals surface area (Å²) in [5, 5.41) is 4.66. The highest BCUT2D eigenvalue weighted by Crippen LogP contribution is 2.42. The van der Waals surface area contributed by atoms with E-state index in [0.717, 1.165) is 44.1 Å². The molecule has 3 heterocycles. The third kappa shape index (κ3) is 4.00. The Hall–Kier alpha value is -5.72. The van der Waals surface area contributed by atoms with Gasteiger partial charge in [0.2, 0.25) is 5.89 Å². The fraction of sp³-hybridized carbons (Fsp3) is 0. The summed E-state index contributed by atoms with van der Waals surface area (Å²) in [4.78, 5) is 19.8. The second-order valence-electron chi connectivity index (χ2n) is 10.7. The fourth-order valence-electron chi connectivity index (χ4n) is 5.92. The van der Waals surface area contributed by atoms with Crippen molar-refractivity contribution in [1.29, 1.82) is 0 Å². The Kier molecular flexibility index (Phi) is 5.61. The topological polar surface area (TPSA) is 64.7 Å². The smallest absolute Gasteiger partial charge is 0.228 e. The van der Waals surface area contributed by atoms with Gasteiger partial charge in [0, 0.05) is 47.8 Å². The first-order valence-electron chi connectivity index (χ1n) is 14.4. The molecule has 5 nitrogen and oxygen atoms in total. The maximum Gasteiger partial charge on any atom is 0.228 e. The molecular weight excluding hydrogens is 561 g/mol. The monoisotopic (exact) mass is 582 g/mol. The molecule has 0 atom stereocenters. The number of hydrogen-bond acceptors (Lipinski definition) is 6. The summed E-state index contributed by atoms with van der Waals surface area (Å²) in [6, 6.07) is 45.1. The van der Waals surface area contributed by atoms with Gasteiger partial charge >= 0.3 is 0 Å². The quantitative estimate of drug-likeness (QED) is 0.207. The Morgan fingerprint density at radius 3 is 1.82 bits per heavy atom. The Bertz CT molecular complexity index is 2440. The summed E-state index contributed by atoms with van der Waals surface area (Å²) in [5.74, 6) is 2.31. The normalized spacial score (nSPS) is 11.6. The van der Waals surface area contributed by atoms with Gasteiger partial charge in [0.25, 0.3) is 0 Å². The van der Waals surface area contributed by atoms with Gasteiger partial charge in [-0.2, -0.15) is 0 Å². The molecule has 0 bridgehead atoms. The molecule has 0 unspecified atom stereocenters. The Labute approximate surface area is 256 Å². The molecule has 6 heteroatoms. The highest BCUT2D eigenvalue weighted by Gasteiger charge is 2.20. The van der Waals surface area contributed by atoms with Gasteiger partial charge in [-0.25, -0.2) is 19.9 Å². The molecule has 9 aromatic rings. The maximum atomic E-state index is 6.71. The van der Waals surface area contributed by atoms with E-state index in [2.05, 4.69) is 42.5 Å². The Morgan fingerprint density at radius 1 is 0.455 bits per heavy atom. The standard InChI is InChI=1S/C38H22N4OS/c1-3-11-24(12-4-1)35-40-36(25-13-5-2-6-14-25)42-37(41-35)26-15-7-8-16-27(26)38-39-29-21-19-23-20-22-31-33(32(23)34(29)43-38)28-17-9-10-18-30(28)44-31/h1-22H. The highest BCUT2D eigenvalue weighted by atomic mass is 32.1. The summed E-state index contributed by atoms with van der Waals surface area (Å²) in [6.45, 7) is 0. The average Bonchev–Trinajstić information content (AvgIpc) is 3.71. The molecule has 0 aliphatic heterocycles. The van der Waals surface area contributed by atoms with E-state index in [0.29, 0.717) is 23.4 Å². The number of rotatable bonds is 4. The SMILES string of the molecule is c1ccc(-c2nc(-c3ccccc3)nc(-c3ccccc3-c3nc4ccc5ccc6sc7ccccc7c6c5c4o3)n2)cc1. The summed E-state index contributed by atoms with van der Waals surface area (Å²) >= 11 is 1.80. The first kappa shape index (κ1) is 24.8. The average molecular weight is 583 g/mol. The number of aromatic nitrogens is 4. The number of fused-ring (bicyclic) bond motifs is 7. The van der Waals surface area contributed by atoms with Crippen molar-refractivity contribution in [2.75, 3.05) is 0 Å². The fourth-order valence-corrected chi connectivity index (χ4v) is 7.03. The van der Waals surface area contributed by atoms with Gasteiger partial charge in [0.05, 0.1) is 0 Å². The lowest BCUT2D eigenvalue weighted by atomic mass is 10.0. The molecule has 0 aliphatic rings. The number of benzene rings is 6. The van der Waals surface area contributed by atoms with E-state index in [4.69, 9.17) is 24.4 Å². The molecule has 206 valence electrons. The van der Waals surface area contributed by atoms with E-state index in [1.807, 2.05) is 91.0 Å². The minimum Gasteiger partial charge on any atom is -0.435 e. The van der Waals surface area contributed by atoms with Gasteiger partial charge in [0.1, 0.15) is 5.52 Å². The van der Waals surface area contributed by atoms with Crippen molar-refractivity contribution < 1.29 is 4.42 Å². The minimum atomic E-state index is 0.530. The third-order valence-electron chi connectivity index (χ3n) is 7.97. The van der Waals surface area contributed by atoms with Crippen LogP contribution in [-0.4, -0.2) is 19.9 Å². The predicted molar refractivity (Wildman–Crippen MR) is 180 cm³/mol. The van der Waals surface area contributed by atoms with Crippen molar-refractivity contribution >= 4 is 53.4 Å². The van der Waals surface area contributed by atoms with E-state index in [1.54, 1.807) is 11.3 Å². The molecule has 44 heavy (non-hydrogen) atoms. The number of thiophene rings is 1. The second-order valence-corrected chi connectivity index (χ2v) is 11.7. The molecule has 0 spiro atoms. The maximum absolute atomic E-state index is 6.71. The van der Waals surface area contributed by atoms with Crippen LogP contribution in [0, 0.1) is 0 Å². The number of oxazole rings is 1. The zero-order chi connectivity index (χ0) is 29.0. The van der Waals surface area contributed by atoms with E-state index in [9.17, 15) is 0 Å². The van der Waals surface area contributed by atoms with Crippen LogP contribution < -0.4 is 0 Å². The van der Waals surface area contributed by atoms with Crippen LogP contribution in [0.4, 0.5) is 0 Å². The number of nitrogens with zero attached hydrogens (tertiary/aromatic N) is 4. The van der Waals surface area contributed by atoms with Crippen LogP contribution in [0.25, 0.3) is 87.7 Å². The molecule has 3 aromatic heterocycles. The van der Waals surface area contributed by atoms with E-state index in [-0.39, 0.29) is 0 Å². The zero-order valence-corrected chi connectivity index (χ0v) is 24.1. The van der Waals surface area contributed by atoms with Crippen molar-refractivity contribution in [3.05, 3.63) is 133 Å². The van der Waals surface area contributed by atoms with E-state index >= 15 is 0 Å². The van der Waals surface area contributed by atoms with Crippen LogP contribution in [-0.2, 0) is 0 Å². The first-order chi connectivity index (χ1) is 21.8. The van der Waals surface area contributed by atoms with Crippen molar-refractivity contribution in [3.63, 3.8) is 0 Å². The summed E-state index contributed by atoms with van der Waals surface area (Å²) in [6.07, 6.45) is 0. The zero-order valence-electron chi connectivity index (χ0n) is 23.3. The van der Waals surface area contributed by atoms with Gasteiger partial charge in [-0.05, 0) is 29.7 Å². The van der Waals surface area contributed by atoms with E-state index < -0.39 is 0 Å². The molecule has 0 fully saturated rings. The van der Waals surface area contributed by atoms with Crippen LogP contribution in [0.2, 0.25) is 0 Å². The van der Waals surface area contributed by atoms with Gasteiger partial charge in [0.15, 0.2) is 23.1 Å². The van der Waals surface area contributed by atoms with Crippen LogP contribution in [0.3, 0.4) is 0 Å². The Morgan fingerprint density at radius 2 is 1.07 bits per heavy atom. The lowest BCUT2D eigenvalue weighted by Gasteiger charge is -2.10. The molecule has 0 N–H and O–H groups in total. The van der Waals surface area contributed by atoms with Crippen LogP contribution >= 0.6 is 11.3 Å². The summed E-state index contributed by atoms with van der Waals surface area (Å²) in [5.41, 5.74) is 5.09. The lowest BCUT2D eigenvalue weighted by Crippen LogP contribution is -2.01. The van der Waals surface area contributed by atoms with Gasteiger partial charge < -0.3 is 4.42 Å². The molecular formula is C38H22N4OS. The molecule has 0 aliphatic carbocycles. The second kappa shape index (κ2) is 9.93. The molecule has 0 amide bonds. The minimum absolute atomic E-state index is 0.530. The summed E-state index contributed by atoms with van der Waals surface area (Å²) in [7, 11) is 0. The number of hydrogen-bond donors (Lipinski definition) is 0.